The van der Waals surface area contributed by atoms with E-state index in [1.807, 2.05) is 6.08 Å². The van der Waals surface area contributed by atoms with Crippen molar-refractivity contribution in [3.63, 3.8) is 0 Å². The first-order chi connectivity index (χ1) is 12.4. The van der Waals surface area contributed by atoms with Gasteiger partial charge >= 0.3 is 5.97 Å². The molecule has 1 aromatic rings. The van der Waals surface area contributed by atoms with Crippen molar-refractivity contribution in [2.75, 3.05) is 5.32 Å². The van der Waals surface area contributed by atoms with E-state index in [2.05, 4.69) is 12.2 Å². The van der Waals surface area contributed by atoms with Crippen molar-refractivity contribution < 1.29 is 19.5 Å². The molecule has 0 bridgehead atoms. The third-order valence-electron chi connectivity index (χ3n) is 5.51. The molecule has 2 aliphatic rings. The van der Waals surface area contributed by atoms with E-state index in [-0.39, 0.29) is 5.91 Å². The van der Waals surface area contributed by atoms with E-state index in [9.17, 15) is 19.5 Å². The van der Waals surface area contributed by atoms with Crippen molar-refractivity contribution in [2.24, 2.45) is 23.5 Å². The number of carbonyl (C=O) groups excluding carboxylic acids is 2. The number of hydrogen-bond acceptors (Lipinski definition) is 4. The van der Waals surface area contributed by atoms with E-state index in [1.165, 1.54) is 11.3 Å². The summed E-state index contributed by atoms with van der Waals surface area (Å²) < 4.78 is 0. The smallest absolute Gasteiger partial charge is 0.307 e. The van der Waals surface area contributed by atoms with Gasteiger partial charge in [-0.25, -0.2) is 0 Å². The molecule has 7 heteroatoms. The molecule has 0 saturated heterocycles. The largest absolute Gasteiger partial charge is 0.481 e. The molecule has 0 fully saturated rings. The molecule has 0 radical (unpaired) electrons. The van der Waals surface area contributed by atoms with Gasteiger partial charge in [0.1, 0.15) is 5.00 Å². The summed E-state index contributed by atoms with van der Waals surface area (Å²) in [6.45, 7) is 2.16. The number of primary amides is 1. The van der Waals surface area contributed by atoms with Crippen LogP contribution in [0.3, 0.4) is 0 Å². The van der Waals surface area contributed by atoms with Gasteiger partial charge in [-0.05, 0) is 43.6 Å². The Labute approximate surface area is 156 Å². The fraction of sp³-hybridized carbons (Fsp3) is 0.526. The maximum Gasteiger partial charge on any atom is 0.307 e. The van der Waals surface area contributed by atoms with Crippen LogP contribution in [-0.4, -0.2) is 22.9 Å². The summed E-state index contributed by atoms with van der Waals surface area (Å²) in [5.74, 6) is -2.65. The van der Waals surface area contributed by atoms with Crippen LogP contribution in [0.5, 0.6) is 0 Å². The first-order valence-electron chi connectivity index (χ1n) is 9.05. The minimum absolute atomic E-state index is 0.342. The second-order valence-electron chi connectivity index (χ2n) is 7.07. The molecule has 0 aliphatic heterocycles. The van der Waals surface area contributed by atoms with Crippen LogP contribution in [-0.2, 0) is 22.4 Å². The number of carboxylic acid groups (broad SMARTS) is 1. The Hall–Kier alpha value is -2.15. The third kappa shape index (κ3) is 3.53. The van der Waals surface area contributed by atoms with E-state index in [1.54, 1.807) is 6.08 Å². The van der Waals surface area contributed by atoms with Gasteiger partial charge in [-0.2, -0.15) is 0 Å². The number of rotatable bonds is 5. The maximum absolute atomic E-state index is 12.7. The second kappa shape index (κ2) is 7.61. The molecule has 0 unspecified atom stereocenters. The minimum Gasteiger partial charge on any atom is -0.481 e. The lowest BCUT2D eigenvalue weighted by Gasteiger charge is -2.24. The number of carbonyl (C=O) groups is 3. The number of thiophene rings is 1. The Bertz CT molecular complexity index is 768. The zero-order chi connectivity index (χ0) is 18.8. The van der Waals surface area contributed by atoms with Gasteiger partial charge in [0.25, 0.3) is 5.91 Å². The van der Waals surface area contributed by atoms with E-state index >= 15 is 0 Å². The Morgan fingerprint density at radius 2 is 1.96 bits per heavy atom. The Morgan fingerprint density at radius 3 is 2.58 bits per heavy atom. The van der Waals surface area contributed by atoms with Crippen molar-refractivity contribution in [3.8, 4) is 0 Å². The highest BCUT2D eigenvalue weighted by Gasteiger charge is 2.35. The standard InChI is InChI=1S/C19H24N2O4S/c1-2-10-7-8-13-14(9-10)26-18(15(13)16(20)22)21-17(23)11-5-3-4-6-12(11)19(24)25/h3-4,10-12H,2,5-9H2,1H3,(H2,20,22)(H,21,23)(H,24,25)/t10-,11+,12-/m0/s1. The van der Waals surface area contributed by atoms with E-state index in [4.69, 9.17) is 5.73 Å². The number of anilines is 1. The van der Waals surface area contributed by atoms with E-state index < -0.39 is 23.7 Å². The number of allylic oxidation sites excluding steroid dienone is 2. The van der Waals surface area contributed by atoms with Crippen molar-refractivity contribution >= 4 is 34.1 Å². The molecule has 2 amide bonds. The van der Waals surface area contributed by atoms with Crippen LogP contribution in [0.2, 0.25) is 0 Å². The SMILES string of the molecule is CC[C@H]1CCc2c(sc(NC(=O)[C@@H]3CC=CC[C@@H]3C(=O)O)c2C(N)=O)C1. The average Bonchev–Trinajstić information content (AvgIpc) is 2.98. The van der Waals surface area contributed by atoms with Crippen LogP contribution in [0.25, 0.3) is 0 Å². The normalized spacial score (nSPS) is 24.7. The van der Waals surface area contributed by atoms with Crippen molar-refractivity contribution in [2.45, 2.75) is 45.4 Å². The Kier molecular flexibility index (Phi) is 5.46. The highest BCUT2D eigenvalue weighted by molar-refractivity contribution is 7.17. The second-order valence-corrected chi connectivity index (χ2v) is 8.18. The molecule has 4 N–H and O–H groups in total. The first kappa shape index (κ1) is 18.6. The molecule has 3 atom stereocenters. The summed E-state index contributed by atoms with van der Waals surface area (Å²) >= 11 is 1.41. The number of carboxylic acids is 1. The predicted molar refractivity (Wildman–Crippen MR) is 100 cm³/mol. The molecule has 1 heterocycles. The van der Waals surface area contributed by atoms with Gasteiger partial charge in [-0.3, -0.25) is 14.4 Å². The minimum atomic E-state index is -0.971. The number of fused-ring (bicyclic) bond motifs is 1. The predicted octanol–water partition coefficient (Wildman–Crippen LogP) is 2.97. The van der Waals surface area contributed by atoms with Crippen LogP contribution < -0.4 is 11.1 Å². The number of amides is 2. The zero-order valence-corrected chi connectivity index (χ0v) is 15.6. The first-order valence-corrected chi connectivity index (χ1v) is 9.87. The summed E-state index contributed by atoms with van der Waals surface area (Å²) in [5.41, 5.74) is 6.96. The van der Waals surface area contributed by atoms with Gasteiger partial charge in [-0.1, -0.05) is 25.5 Å². The number of nitrogens with two attached hydrogens (primary N) is 1. The molecule has 6 nitrogen and oxygen atoms in total. The molecule has 2 aliphatic carbocycles. The fourth-order valence-electron chi connectivity index (χ4n) is 3.93. The molecular weight excluding hydrogens is 352 g/mol. The molecule has 140 valence electrons. The molecule has 0 aromatic carbocycles. The van der Waals surface area contributed by atoms with E-state index in [0.717, 1.165) is 36.1 Å². The van der Waals surface area contributed by atoms with Crippen LogP contribution in [0.1, 0.15) is 53.4 Å². The van der Waals surface area contributed by atoms with Crippen molar-refractivity contribution in [1.82, 2.24) is 0 Å². The van der Waals surface area contributed by atoms with Gasteiger partial charge in [-0.15, -0.1) is 11.3 Å². The Morgan fingerprint density at radius 1 is 1.27 bits per heavy atom. The lowest BCUT2D eigenvalue weighted by atomic mass is 9.82. The fourth-order valence-corrected chi connectivity index (χ4v) is 5.30. The molecule has 26 heavy (non-hydrogen) atoms. The van der Waals surface area contributed by atoms with Crippen LogP contribution >= 0.6 is 11.3 Å². The summed E-state index contributed by atoms with van der Waals surface area (Å²) in [4.78, 5) is 37.3. The molecule has 0 spiro atoms. The molecular formula is C19H24N2O4S. The number of hydrogen-bond donors (Lipinski definition) is 3. The maximum atomic E-state index is 12.7. The van der Waals surface area contributed by atoms with Crippen molar-refractivity contribution in [3.05, 3.63) is 28.2 Å². The third-order valence-corrected chi connectivity index (χ3v) is 6.68. The molecule has 3 rings (SSSR count). The Balaban J connectivity index is 1.86. The van der Waals surface area contributed by atoms with Crippen LogP contribution in [0.4, 0.5) is 5.00 Å². The van der Waals surface area contributed by atoms with Gasteiger partial charge in [0.15, 0.2) is 0 Å². The van der Waals surface area contributed by atoms with Gasteiger partial charge in [0.2, 0.25) is 5.91 Å². The van der Waals surface area contributed by atoms with Crippen LogP contribution in [0, 0.1) is 17.8 Å². The quantitative estimate of drug-likeness (QED) is 0.686. The number of nitrogens with one attached hydrogen (secondary N) is 1. The number of aliphatic carboxylic acids is 1. The summed E-state index contributed by atoms with van der Waals surface area (Å²) in [6.07, 6.45) is 8.16. The van der Waals surface area contributed by atoms with E-state index in [0.29, 0.717) is 29.3 Å². The average molecular weight is 376 g/mol. The van der Waals surface area contributed by atoms with Gasteiger partial charge in [0, 0.05) is 4.88 Å². The molecule has 1 aromatic heterocycles. The lowest BCUT2D eigenvalue weighted by Crippen LogP contribution is -2.35. The monoisotopic (exact) mass is 376 g/mol. The van der Waals surface area contributed by atoms with Gasteiger partial charge in [0.05, 0.1) is 17.4 Å². The zero-order valence-electron chi connectivity index (χ0n) is 14.8. The highest BCUT2D eigenvalue weighted by atomic mass is 32.1. The van der Waals surface area contributed by atoms with Crippen molar-refractivity contribution in [1.29, 1.82) is 0 Å². The van der Waals surface area contributed by atoms with Crippen LogP contribution in [0.15, 0.2) is 12.2 Å². The summed E-state index contributed by atoms with van der Waals surface area (Å²) in [5, 5.41) is 12.7. The summed E-state index contributed by atoms with van der Waals surface area (Å²) in [6, 6.07) is 0. The summed E-state index contributed by atoms with van der Waals surface area (Å²) in [7, 11) is 0. The topological polar surface area (TPSA) is 109 Å². The highest BCUT2D eigenvalue weighted by Crippen LogP contribution is 2.40. The van der Waals surface area contributed by atoms with Gasteiger partial charge < -0.3 is 16.2 Å². The lowest BCUT2D eigenvalue weighted by molar-refractivity contribution is -0.146. The molecule has 0 saturated carbocycles.